The van der Waals surface area contributed by atoms with Crippen molar-refractivity contribution in [1.29, 1.82) is 5.26 Å². The van der Waals surface area contributed by atoms with Crippen molar-refractivity contribution in [2.45, 2.75) is 44.7 Å². The molecule has 0 unspecified atom stereocenters. The number of nitriles is 1. The minimum atomic E-state index is 0.203. The molecule has 1 aromatic carbocycles. The van der Waals surface area contributed by atoms with Crippen molar-refractivity contribution in [3.8, 4) is 6.07 Å². The fourth-order valence-electron chi connectivity index (χ4n) is 2.94. The van der Waals surface area contributed by atoms with E-state index in [-0.39, 0.29) is 6.61 Å². The first-order valence-corrected chi connectivity index (χ1v) is 7.17. The maximum Gasteiger partial charge on any atom is 0.0991 e. The van der Waals surface area contributed by atoms with Crippen LogP contribution in [0.25, 0.3) is 0 Å². The van der Waals surface area contributed by atoms with Crippen molar-refractivity contribution in [3.05, 3.63) is 35.4 Å². The van der Waals surface area contributed by atoms with E-state index in [2.05, 4.69) is 17.0 Å². The van der Waals surface area contributed by atoms with Gasteiger partial charge in [-0.1, -0.05) is 31.4 Å². The number of aliphatic hydroxyl groups is 1. The number of rotatable bonds is 5. The van der Waals surface area contributed by atoms with Crippen molar-refractivity contribution < 1.29 is 5.11 Å². The summed E-state index contributed by atoms with van der Waals surface area (Å²) in [5.74, 6) is 0. The molecule has 0 aromatic heterocycles. The third kappa shape index (κ3) is 4.05. The monoisotopic (exact) mass is 258 g/mol. The summed E-state index contributed by atoms with van der Waals surface area (Å²) < 4.78 is 0. The van der Waals surface area contributed by atoms with Crippen molar-refractivity contribution in [3.63, 3.8) is 0 Å². The first-order valence-electron chi connectivity index (χ1n) is 7.17. The number of hydrogen-bond donors (Lipinski definition) is 1. The third-order valence-electron chi connectivity index (χ3n) is 3.92. The molecular weight excluding hydrogens is 236 g/mol. The summed E-state index contributed by atoms with van der Waals surface area (Å²) in [7, 11) is 0. The van der Waals surface area contributed by atoms with Crippen LogP contribution in [-0.2, 0) is 6.54 Å². The van der Waals surface area contributed by atoms with Gasteiger partial charge in [-0.15, -0.1) is 0 Å². The molecule has 102 valence electrons. The number of nitrogens with zero attached hydrogens (tertiary/aromatic N) is 2. The van der Waals surface area contributed by atoms with Crippen LogP contribution >= 0.6 is 0 Å². The van der Waals surface area contributed by atoms with Gasteiger partial charge in [-0.3, -0.25) is 4.90 Å². The molecule has 1 aliphatic carbocycles. The number of hydrogen-bond acceptors (Lipinski definition) is 3. The molecule has 0 atom stereocenters. The normalized spacial score (nSPS) is 16.5. The second-order valence-electron chi connectivity index (χ2n) is 5.30. The second-order valence-corrected chi connectivity index (χ2v) is 5.30. The van der Waals surface area contributed by atoms with Gasteiger partial charge in [0.25, 0.3) is 0 Å². The van der Waals surface area contributed by atoms with Gasteiger partial charge in [-0.2, -0.15) is 5.26 Å². The molecule has 3 nitrogen and oxygen atoms in total. The van der Waals surface area contributed by atoms with Crippen LogP contribution in [0.3, 0.4) is 0 Å². The minimum Gasteiger partial charge on any atom is -0.395 e. The Morgan fingerprint density at radius 3 is 2.74 bits per heavy atom. The molecule has 0 radical (unpaired) electrons. The summed E-state index contributed by atoms with van der Waals surface area (Å²) in [6, 6.07) is 10.6. The Balaban J connectivity index is 2.04. The summed E-state index contributed by atoms with van der Waals surface area (Å²) in [6.45, 7) is 1.76. The van der Waals surface area contributed by atoms with E-state index in [0.717, 1.165) is 18.7 Å². The van der Waals surface area contributed by atoms with Crippen LogP contribution in [-0.4, -0.2) is 29.2 Å². The molecule has 0 aliphatic heterocycles. The molecule has 0 bridgehead atoms. The topological polar surface area (TPSA) is 47.3 Å². The summed E-state index contributed by atoms with van der Waals surface area (Å²) in [5.41, 5.74) is 1.88. The van der Waals surface area contributed by atoms with Crippen molar-refractivity contribution in [2.24, 2.45) is 0 Å². The second kappa shape index (κ2) is 7.28. The van der Waals surface area contributed by atoms with E-state index in [0.29, 0.717) is 11.6 Å². The van der Waals surface area contributed by atoms with Gasteiger partial charge >= 0.3 is 0 Å². The van der Waals surface area contributed by atoms with E-state index in [1.807, 2.05) is 18.2 Å². The van der Waals surface area contributed by atoms with Crippen LogP contribution < -0.4 is 0 Å². The fraction of sp³-hybridized carbons (Fsp3) is 0.562. The summed E-state index contributed by atoms with van der Waals surface area (Å²) in [5, 5.41) is 18.2. The van der Waals surface area contributed by atoms with E-state index >= 15 is 0 Å². The zero-order chi connectivity index (χ0) is 13.5. The maximum atomic E-state index is 9.25. The minimum absolute atomic E-state index is 0.203. The van der Waals surface area contributed by atoms with Crippen LogP contribution in [0.1, 0.15) is 43.2 Å². The highest BCUT2D eigenvalue weighted by molar-refractivity contribution is 5.32. The first kappa shape index (κ1) is 14.0. The maximum absolute atomic E-state index is 9.25. The molecule has 1 aliphatic rings. The highest BCUT2D eigenvalue weighted by atomic mass is 16.3. The van der Waals surface area contributed by atoms with Gasteiger partial charge in [0.05, 0.1) is 18.2 Å². The zero-order valence-electron chi connectivity index (χ0n) is 11.4. The largest absolute Gasteiger partial charge is 0.395 e. The predicted molar refractivity (Wildman–Crippen MR) is 75.5 cm³/mol. The molecule has 0 amide bonds. The Bertz CT molecular complexity index is 433. The Morgan fingerprint density at radius 1 is 1.26 bits per heavy atom. The van der Waals surface area contributed by atoms with Gasteiger partial charge in [0.2, 0.25) is 0 Å². The van der Waals surface area contributed by atoms with Gasteiger partial charge in [0, 0.05) is 19.1 Å². The van der Waals surface area contributed by atoms with E-state index in [1.165, 1.54) is 32.1 Å². The van der Waals surface area contributed by atoms with Gasteiger partial charge in [-0.25, -0.2) is 0 Å². The highest BCUT2D eigenvalue weighted by Gasteiger charge is 2.20. The highest BCUT2D eigenvalue weighted by Crippen LogP contribution is 2.24. The molecule has 0 heterocycles. The molecule has 1 N–H and O–H groups in total. The summed E-state index contributed by atoms with van der Waals surface area (Å²) in [6.07, 6.45) is 6.40. The third-order valence-corrected chi connectivity index (χ3v) is 3.92. The molecule has 2 rings (SSSR count). The molecule has 1 aromatic rings. The average Bonchev–Trinajstić information content (AvgIpc) is 2.48. The van der Waals surface area contributed by atoms with Crippen LogP contribution in [0.4, 0.5) is 0 Å². The first-order chi connectivity index (χ1) is 9.33. The van der Waals surface area contributed by atoms with Gasteiger partial charge in [-0.05, 0) is 30.5 Å². The molecular formula is C16H22N2O. The van der Waals surface area contributed by atoms with Crippen molar-refractivity contribution in [1.82, 2.24) is 4.90 Å². The van der Waals surface area contributed by atoms with E-state index in [4.69, 9.17) is 5.26 Å². The summed E-state index contributed by atoms with van der Waals surface area (Å²) >= 11 is 0. The smallest absolute Gasteiger partial charge is 0.0991 e. The lowest BCUT2D eigenvalue weighted by molar-refractivity contribution is 0.117. The van der Waals surface area contributed by atoms with E-state index < -0.39 is 0 Å². The molecule has 0 spiro atoms. The number of benzene rings is 1. The van der Waals surface area contributed by atoms with Crippen LogP contribution in [0.5, 0.6) is 0 Å². The Morgan fingerprint density at radius 2 is 2.05 bits per heavy atom. The SMILES string of the molecule is N#Cc1cccc(CN(CCO)C2CCCCC2)c1. The van der Waals surface area contributed by atoms with Gasteiger partial charge < -0.3 is 5.11 Å². The predicted octanol–water partition coefficient (Wildman–Crippen LogP) is 2.69. The van der Waals surface area contributed by atoms with Crippen molar-refractivity contribution >= 4 is 0 Å². The molecule has 1 fully saturated rings. The Labute approximate surface area is 115 Å². The van der Waals surface area contributed by atoms with Crippen LogP contribution in [0.2, 0.25) is 0 Å². The Hall–Kier alpha value is -1.37. The van der Waals surface area contributed by atoms with E-state index in [9.17, 15) is 5.11 Å². The molecule has 3 heteroatoms. The molecule has 1 saturated carbocycles. The number of aliphatic hydroxyl groups excluding tert-OH is 1. The summed E-state index contributed by atoms with van der Waals surface area (Å²) in [4.78, 5) is 2.37. The molecule has 19 heavy (non-hydrogen) atoms. The molecule has 0 saturated heterocycles. The fourth-order valence-corrected chi connectivity index (χ4v) is 2.94. The standard InChI is InChI=1S/C16H22N2O/c17-12-14-5-4-6-15(11-14)13-18(9-10-19)16-7-2-1-3-8-16/h4-6,11,16,19H,1-3,7-10,13H2. The Kier molecular flexibility index (Phi) is 5.38. The van der Waals surface area contributed by atoms with Crippen LogP contribution in [0.15, 0.2) is 24.3 Å². The van der Waals surface area contributed by atoms with Gasteiger partial charge in [0.1, 0.15) is 0 Å². The lowest BCUT2D eigenvalue weighted by Crippen LogP contribution is -2.38. The zero-order valence-corrected chi connectivity index (χ0v) is 11.4. The lowest BCUT2D eigenvalue weighted by Gasteiger charge is -2.34. The lowest BCUT2D eigenvalue weighted by atomic mass is 9.93. The quantitative estimate of drug-likeness (QED) is 0.883. The average molecular weight is 258 g/mol. The van der Waals surface area contributed by atoms with Crippen LogP contribution in [0, 0.1) is 11.3 Å². The van der Waals surface area contributed by atoms with Crippen molar-refractivity contribution in [2.75, 3.05) is 13.2 Å². The van der Waals surface area contributed by atoms with E-state index in [1.54, 1.807) is 0 Å². The van der Waals surface area contributed by atoms with Gasteiger partial charge in [0.15, 0.2) is 0 Å².